The van der Waals surface area contributed by atoms with Crippen LogP contribution in [0.5, 0.6) is 0 Å². The molecule has 0 aromatic carbocycles. The fourth-order valence-corrected chi connectivity index (χ4v) is 2.09. The van der Waals surface area contributed by atoms with Crippen molar-refractivity contribution in [1.82, 2.24) is 0 Å². The summed E-state index contributed by atoms with van der Waals surface area (Å²) in [6.45, 7) is 5.14. The molecule has 1 aliphatic rings. The summed E-state index contributed by atoms with van der Waals surface area (Å²) in [6, 6.07) is 0. The molecule has 0 saturated heterocycles. The van der Waals surface area contributed by atoms with Crippen molar-refractivity contribution in [3.05, 3.63) is 23.8 Å². The third kappa shape index (κ3) is 2.44. The summed E-state index contributed by atoms with van der Waals surface area (Å²) in [7, 11) is 0. The number of rotatable bonds is 3. The molecular formula is C13H18O2. The summed E-state index contributed by atoms with van der Waals surface area (Å²) in [5.74, 6) is 0.326. The summed E-state index contributed by atoms with van der Waals surface area (Å²) in [4.78, 5) is 22.8. The third-order valence-electron chi connectivity index (χ3n) is 3.19. The predicted molar refractivity (Wildman–Crippen MR) is 60.5 cm³/mol. The molecule has 0 aromatic rings. The molecule has 0 amide bonds. The minimum atomic E-state index is -0.353. The Hall–Kier alpha value is -1.18. The quantitative estimate of drug-likeness (QED) is 0.665. The SMILES string of the molecule is C/C=C/[C@]1(C(C)=O)CC=C(C(C)=O)CC1. The van der Waals surface area contributed by atoms with E-state index in [1.54, 1.807) is 13.8 Å². The Balaban J connectivity index is 2.91. The summed E-state index contributed by atoms with van der Waals surface area (Å²) in [5, 5.41) is 0. The number of carbonyl (C=O) groups excluding carboxylic acids is 2. The largest absolute Gasteiger partial charge is 0.299 e. The van der Waals surface area contributed by atoms with Gasteiger partial charge in [-0.2, -0.15) is 0 Å². The Morgan fingerprint density at radius 3 is 2.40 bits per heavy atom. The average Bonchev–Trinajstić information content (AvgIpc) is 2.18. The van der Waals surface area contributed by atoms with Crippen LogP contribution in [0.1, 0.15) is 40.0 Å². The van der Waals surface area contributed by atoms with Crippen LogP contribution in [0.25, 0.3) is 0 Å². The third-order valence-corrected chi connectivity index (χ3v) is 3.19. The molecule has 1 rings (SSSR count). The zero-order valence-electron chi connectivity index (χ0n) is 9.67. The van der Waals surface area contributed by atoms with Gasteiger partial charge < -0.3 is 0 Å². The Morgan fingerprint density at radius 1 is 1.40 bits per heavy atom. The molecule has 15 heavy (non-hydrogen) atoms. The number of ketones is 2. The molecule has 1 atom stereocenters. The minimum absolute atomic E-state index is 0.132. The van der Waals surface area contributed by atoms with E-state index in [1.807, 2.05) is 25.2 Å². The van der Waals surface area contributed by atoms with Gasteiger partial charge in [0, 0.05) is 0 Å². The van der Waals surface area contributed by atoms with Gasteiger partial charge in [0.05, 0.1) is 5.41 Å². The first-order valence-corrected chi connectivity index (χ1v) is 5.37. The fourth-order valence-electron chi connectivity index (χ4n) is 2.09. The highest BCUT2D eigenvalue weighted by atomic mass is 16.1. The fraction of sp³-hybridized carbons (Fsp3) is 0.538. The van der Waals surface area contributed by atoms with Gasteiger partial charge >= 0.3 is 0 Å². The summed E-state index contributed by atoms with van der Waals surface area (Å²) in [6.07, 6.45) is 7.98. The Kier molecular flexibility index (Phi) is 3.61. The van der Waals surface area contributed by atoms with E-state index in [1.165, 1.54) is 0 Å². The van der Waals surface area contributed by atoms with Crippen molar-refractivity contribution in [1.29, 1.82) is 0 Å². The van der Waals surface area contributed by atoms with Crippen LogP contribution in [0.3, 0.4) is 0 Å². The van der Waals surface area contributed by atoms with E-state index in [0.717, 1.165) is 18.4 Å². The first-order chi connectivity index (χ1) is 7.02. The zero-order valence-corrected chi connectivity index (χ0v) is 9.67. The van der Waals surface area contributed by atoms with E-state index in [2.05, 4.69) is 0 Å². The molecule has 0 spiro atoms. The lowest BCUT2D eigenvalue weighted by Crippen LogP contribution is -2.29. The highest BCUT2D eigenvalue weighted by Gasteiger charge is 2.34. The number of hydrogen-bond donors (Lipinski definition) is 0. The monoisotopic (exact) mass is 206 g/mol. The van der Waals surface area contributed by atoms with Gasteiger partial charge in [-0.1, -0.05) is 18.2 Å². The summed E-state index contributed by atoms with van der Waals surface area (Å²) < 4.78 is 0. The van der Waals surface area contributed by atoms with Crippen LogP contribution >= 0.6 is 0 Å². The molecule has 1 aliphatic carbocycles. The van der Waals surface area contributed by atoms with Crippen molar-refractivity contribution in [2.24, 2.45) is 5.41 Å². The highest BCUT2D eigenvalue weighted by molar-refractivity contribution is 5.94. The van der Waals surface area contributed by atoms with Crippen molar-refractivity contribution in [2.45, 2.75) is 40.0 Å². The lowest BCUT2D eigenvalue weighted by molar-refractivity contribution is -0.125. The lowest BCUT2D eigenvalue weighted by atomic mass is 9.71. The first kappa shape index (κ1) is 11.9. The van der Waals surface area contributed by atoms with Crippen molar-refractivity contribution in [3.63, 3.8) is 0 Å². The van der Waals surface area contributed by atoms with Crippen LogP contribution < -0.4 is 0 Å². The van der Waals surface area contributed by atoms with Gasteiger partial charge in [0.25, 0.3) is 0 Å². The van der Waals surface area contributed by atoms with E-state index in [-0.39, 0.29) is 17.0 Å². The molecule has 0 bridgehead atoms. The zero-order chi connectivity index (χ0) is 11.5. The predicted octanol–water partition coefficient (Wildman–Crippen LogP) is 2.84. The minimum Gasteiger partial charge on any atom is -0.299 e. The molecule has 0 aromatic heterocycles. The second-order valence-corrected chi connectivity index (χ2v) is 4.20. The van der Waals surface area contributed by atoms with Crippen molar-refractivity contribution < 1.29 is 9.59 Å². The molecule has 0 heterocycles. The van der Waals surface area contributed by atoms with Gasteiger partial charge in [-0.25, -0.2) is 0 Å². The van der Waals surface area contributed by atoms with Crippen LogP contribution in [-0.2, 0) is 9.59 Å². The summed E-state index contributed by atoms with van der Waals surface area (Å²) >= 11 is 0. The van der Waals surface area contributed by atoms with Crippen molar-refractivity contribution in [3.8, 4) is 0 Å². The molecule has 2 nitrogen and oxygen atoms in total. The van der Waals surface area contributed by atoms with Gasteiger partial charge in [-0.3, -0.25) is 9.59 Å². The second-order valence-electron chi connectivity index (χ2n) is 4.20. The first-order valence-electron chi connectivity index (χ1n) is 5.37. The topological polar surface area (TPSA) is 34.1 Å². The Bertz CT molecular complexity index is 336. The molecule has 0 aliphatic heterocycles. The molecule has 2 heteroatoms. The number of Topliss-reactive ketones (excluding diaryl/α,β-unsaturated/α-hetero) is 2. The van der Waals surface area contributed by atoms with E-state index in [0.29, 0.717) is 6.42 Å². The maximum absolute atomic E-state index is 11.6. The van der Waals surface area contributed by atoms with Crippen LogP contribution in [0, 0.1) is 5.41 Å². The van der Waals surface area contributed by atoms with Crippen molar-refractivity contribution >= 4 is 11.6 Å². The Morgan fingerprint density at radius 2 is 2.07 bits per heavy atom. The lowest BCUT2D eigenvalue weighted by Gasteiger charge is -2.30. The van der Waals surface area contributed by atoms with Gasteiger partial charge in [-0.05, 0) is 45.6 Å². The normalized spacial score (nSPS) is 26.5. The molecule has 0 radical (unpaired) electrons. The van der Waals surface area contributed by atoms with E-state index < -0.39 is 0 Å². The highest BCUT2D eigenvalue weighted by Crippen LogP contribution is 2.37. The van der Waals surface area contributed by atoms with E-state index in [4.69, 9.17) is 0 Å². The molecule has 0 N–H and O–H groups in total. The summed E-state index contributed by atoms with van der Waals surface area (Å²) in [5.41, 5.74) is 0.518. The van der Waals surface area contributed by atoms with E-state index >= 15 is 0 Å². The average molecular weight is 206 g/mol. The number of hydrogen-bond acceptors (Lipinski definition) is 2. The van der Waals surface area contributed by atoms with Gasteiger partial charge in [-0.15, -0.1) is 0 Å². The van der Waals surface area contributed by atoms with Gasteiger partial charge in [0.1, 0.15) is 5.78 Å². The van der Waals surface area contributed by atoms with Crippen LogP contribution in [-0.4, -0.2) is 11.6 Å². The standard InChI is InChI=1S/C13H18O2/c1-4-7-13(11(3)15)8-5-12(6-9-13)10(2)14/h4-5,7H,6,8-9H2,1-3H3/b7-4+/t13-/m0/s1. The van der Waals surface area contributed by atoms with E-state index in [9.17, 15) is 9.59 Å². The van der Waals surface area contributed by atoms with Crippen LogP contribution in [0.4, 0.5) is 0 Å². The van der Waals surface area contributed by atoms with Gasteiger partial charge in [0.2, 0.25) is 0 Å². The Labute approximate surface area is 91.1 Å². The maximum Gasteiger partial charge on any atom is 0.155 e. The molecule has 0 fully saturated rings. The van der Waals surface area contributed by atoms with Crippen LogP contribution in [0.2, 0.25) is 0 Å². The molecule has 82 valence electrons. The molecule has 0 unspecified atom stereocenters. The maximum atomic E-state index is 11.6. The van der Waals surface area contributed by atoms with Gasteiger partial charge in [0.15, 0.2) is 5.78 Å². The van der Waals surface area contributed by atoms with Crippen molar-refractivity contribution in [2.75, 3.05) is 0 Å². The number of allylic oxidation sites excluding steroid dienone is 4. The number of carbonyl (C=O) groups is 2. The molecular weight excluding hydrogens is 188 g/mol. The molecule has 0 saturated carbocycles. The smallest absolute Gasteiger partial charge is 0.155 e. The van der Waals surface area contributed by atoms with Crippen LogP contribution in [0.15, 0.2) is 23.8 Å². The second kappa shape index (κ2) is 4.56.